The van der Waals surface area contributed by atoms with Crippen molar-refractivity contribution >= 4 is 10.0 Å². The molecule has 2 nitrogen and oxygen atoms in total. The van der Waals surface area contributed by atoms with Crippen LogP contribution in [0, 0.1) is 5.92 Å². The van der Waals surface area contributed by atoms with E-state index in [4.69, 9.17) is 4.74 Å². The molecule has 1 N–H and O–H groups in total. The Morgan fingerprint density at radius 1 is 1.29 bits per heavy atom. The van der Waals surface area contributed by atoms with Crippen LogP contribution in [0.5, 0.6) is 0 Å². The quantitative estimate of drug-likeness (QED) is 0.839. The average molecular weight is 261 g/mol. The van der Waals surface area contributed by atoms with E-state index in [1.165, 1.54) is 6.42 Å². The highest BCUT2D eigenvalue weighted by atomic mass is 32.3. The molecule has 1 saturated heterocycles. The first-order valence-corrected chi connectivity index (χ1v) is 9.19. The maximum Gasteiger partial charge on any atom is 0.0770 e. The van der Waals surface area contributed by atoms with Gasteiger partial charge >= 0.3 is 0 Å². The van der Waals surface area contributed by atoms with E-state index in [0.29, 0.717) is 16.2 Å². The third-order valence-electron chi connectivity index (χ3n) is 4.06. The standard InChI is InChI=1S/C14H31NOS/c1-13(2,3)17(6,7)11-16-10-12-8-14(4,5)15-9-12/h12,15H,8-11H2,1-7H3. The van der Waals surface area contributed by atoms with Crippen molar-refractivity contribution in [2.24, 2.45) is 5.92 Å². The monoisotopic (exact) mass is 261 g/mol. The van der Waals surface area contributed by atoms with E-state index in [1.807, 2.05) is 0 Å². The summed E-state index contributed by atoms with van der Waals surface area (Å²) in [5.41, 5.74) is 0.306. The van der Waals surface area contributed by atoms with Crippen molar-refractivity contribution in [3.8, 4) is 0 Å². The number of hydrogen-bond acceptors (Lipinski definition) is 2. The summed E-state index contributed by atoms with van der Waals surface area (Å²) in [6.45, 7) is 13.6. The summed E-state index contributed by atoms with van der Waals surface area (Å²) in [7, 11) is -0.661. The highest BCUT2D eigenvalue weighted by molar-refractivity contribution is 8.33. The van der Waals surface area contributed by atoms with Gasteiger partial charge in [-0.15, -0.1) is 0 Å². The third kappa shape index (κ3) is 4.46. The number of nitrogens with one attached hydrogen (secondary N) is 1. The molecule has 104 valence electrons. The van der Waals surface area contributed by atoms with Gasteiger partial charge in [-0.1, -0.05) is 20.8 Å². The molecule has 0 aromatic heterocycles. The number of rotatable bonds is 4. The predicted molar refractivity (Wildman–Crippen MR) is 80.2 cm³/mol. The maximum atomic E-state index is 6.00. The molecular weight excluding hydrogens is 230 g/mol. The second kappa shape index (κ2) is 5.10. The molecule has 17 heavy (non-hydrogen) atoms. The van der Waals surface area contributed by atoms with E-state index in [1.54, 1.807) is 0 Å². The van der Waals surface area contributed by atoms with Gasteiger partial charge in [0.15, 0.2) is 0 Å². The fourth-order valence-electron chi connectivity index (χ4n) is 2.00. The summed E-state index contributed by atoms with van der Waals surface area (Å²) in [4.78, 5) is 0. The molecule has 1 aliphatic rings. The molecule has 1 unspecified atom stereocenters. The topological polar surface area (TPSA) is 21.3 Å². The number of hydrogen-bond donors (Lipinski definition) is 1. The van der Waals surface area contributed by atoms with E-state index in [-0.39, 0.29) is 0 Å². The van der Waals surface area contributed by atoms with Gasteiger partial charge in [0.1, 0.15) is 0 Å². The molecule has 0 aliphatic carbocycles. The molecule has 1 aliphatic heterocycles. The minimum atomic E-state index is -0.661. The van der Waals surface area contributed by atoms with Crippen LogP contribution in [0.1, 0.15) is 41.0 Å². The molecule has 1 heterocycles. The Hall–Kier alpha value is 0.270. The Kier molecular flexibility index (Phi) is 4.60. The van der Waals surface area contributed by atoms with Crippen LogP contribution in [0.15, 0.2) is 0 Å². The summed E-state index contributed by atoms with van der Waals surface area (Å²) in [5.74, 6) is 1.63. The summed E-state index contributed by atoms with van der Waals surface area (Å²) < 4.78 is 6.37. The first-order valence-electron chi connectivity index (χ1n) is 6.57. The lowest BCUT2D eigenvalue weighted by molar-refractivity contribution is 0.141. The van der Waals surface area contributed by atoms with Gasteiger partial charge in [-0.3, -0.25) is 0 Å². The van der Waals surface area contributed by atoms with Crippen LogP contribution in [0.25, 0.3) is 0 Å². The summed E-state index contributed by atoms with van der Waals surface area (Å²) >= 11 is 0. The fraction of sp³-hybridized carbons (Fsp3) is 1.00. The van der Waals surface area contributed by atoms with Gasteiger partial charge < -0.3 is 10.1 Å². The zero-order valence-electron chi connectivity index (χ0n) is 12.7. The molecule has 1 fully saturated rings. The lowest BCUT2D eigenvalue weighted by Crippen LogP contribution is -2.31. The van der Waals surface area contributed by atoms with Gasteiger partial charge in [-0.2, -0.15) is 0 Å². The van der Waals surface area contributed by atoms with Crippen molar-refractivity contribution in [1.82, 2.24) is 5.32 Å². The first-order chi connectivity index (χ1) is 7.54. The number of ether oxygens (including phenoxy) is 1. The van der Waals surface area contributed by atoms with E-state index in [0.717, 1.165) is 19.1 Å². The maximum absolute atomic E-state index is 6.00. The van der Waals surface area contributed by atoms with Gasteiger partial charge in [0.05, 0.1) is 12.5 Å². The average Bonchev–Trinajstić information content (AvgIpc) is 2.43. The van der Waals surface area contributed by atoms with Crippen molar-refractivity contribution in [1.29, 1.82) is 0 Å². The second-order valence-electron chi connectivity index (χ2n) is 7.47. The molecule has 3 heteroatoms. The van der Waals surface area contributed by atoms with Crippen molar-refractivity contribution in [2.75, 3.05) is 31.6 Å². The molecule has 0 bridgehead atoms. The predicted octanol–water partition coefficient (Wildman–Crippen LogP) is 3.21. The Bertz CT molecular complexity index is 255. The van der Waals surface area contributed by atoms with Crippen LogP contribution < -0.4 is 5.32 Å². The molecule has 0 aromatic rings. The zero-order chi connectivity index (χ0) is 13.3. The van der Waals surface area contributed by atoms with Crippen molar-refractivity contribution in [2.45, 2.75) is 51.3 Å². The minimum Gasteiger partial charge on any atom is -0.372 e. The van der Waals surface area contributed by atoms with Gasteiger partial charge in [0.25, 0.3) is 0 Å². The van der Waals surface area contributed by atoms with Crippen LogP contribution in [-0.2, 0) is 4.74 Å². The summed E-state index contributed by atoms with van der Waals surface area (Å²) in [5, 5.41) is 3.55. The van der Waals surface area contributed by atoms with Crippen molar-refractivity contribution in [3.05, 3.63) is 0 Å². The second-order valence-corrected chi connectivity index (χ2v) is 12.0. The zero-order valence-corrected chi connectivity index (χ0v) is 13.5. The van der Waals surface area contributed by atoms with Crippen LogP contribution in [0.3, 0.4) is 0 Å². The Balaban J connectivity index is 2.30. The molecule has 0 radical (unpaired) electrons. The van der Waals surface area contributed by atoms with E-state index < -0.39 is 10.0 Å². The third-order valence-corrected chi connectivity index (χ3v) is 8.13. The van der Waals surface area contributed by atoms with Crippen LogP contribution >= 0.6 is 10.0 Å². The summed E-state index contributed by atoms with van der Waals surface area (Å²) in [6.07, 6.45) is 5.99. The minimum absolute atomic E-state index is 0.306. The lowest BCUT2D eigenvalue weighted by Gasteiger charge is -2.44. The van der Waals surface area contributed by atoms with E-state index in [9.17, 15) is 0 Å². The van der Waals surface area contributed by atoms with Crippen molar-refractivity contribution < 1.29 is 4.74 Å². The molecule has 0 aromatic carbocycles. The van der Waals surface area contributed by atoms with Gasteiger partial charge in [0, 0.05) is 12.1 Å². The SMILES string of the molecule is CC1(C)CC(COCS(C)(C)C(C)(C)C)CN1. The van der Waals surface area contributed by atoms with Crippen LogP contribution in [0.2, 0.25) is 0 Å². The smallest absolute Gasteiger partial charge is 0.0770 e. The summed E-state index contributed by atoms with van der Waals surface area (Å²) in [6, 6.07) is 0. The molecule has 0 spiro atoms. The molecule has 1 atom stereocenters. The first kappa shape index (κ1) is 15.3. The molecule has 0 saturated carbocycles. The van der Waals surface area contributed by atoms with E-state index >= 15 is 0 Å². The van der Waals surface area contributed by atoms with Gasteiger partial charge in [0.2, 0.25) is 0 Å². The molecule has 1 rings (SSSR count). The van der Waals surface area contributed by atoms with Crippen LogP contribution in [-0.4, -0.2) is 41.9 Å². The fourth-order valence-corrected chi connectivity index (χ4v) is 2.87. The Morgan fingerprint density at radius 2 is 1.88 bits per heavy atom. The molecule has 0 amide bonds. The van der Waals surface area contributed by atoms with Gasteiger partial charge in [-0.25, -0.2) is 10.0 Å². The van der Waals surface area contributed by atoms with Gasteiger partial charge in [-0.05, 0) is 43.4 Å². The Morgan fingerprint density at radius 3 is 2.29 bits per heavy atom. The highest BCUT2D eigenvalue weighted by Crippen LogP contribution is 2.52. The normalized spacial score (nSPS) is 26.2. The van der Waals surface area contributed by atoms with E-state index in [2.05, 4.69) is 52.4 Å². The largest absolute Gasteiger partial charge is 0.372 e. The molecular formula is C14H31NOS. The highest BCUT2D eigenvalue weighted by Gasteiger charge is 2.31. The Labute approximate surface area is 109 Å². The van der Waals surface area contributed by atoms with Crippen LogP contribution in [0.4, 0.5) is 0 Å². The van der Waals surface area contributed by atoms with Crippen molar-refractivity contribution in [3.63, 3.8) is 0 Å². The lowest BCUT2D eigenvalue weighted by atomic mass is 9.98.